The van der Waals surface area contributed by atoms with Crippen molar-refractivity contribution in [2.75, 3.05) is 6.54 Å². The molecule has 1 aliphatic heterocycles. The van der Waals surface area contributed by atoms with Gasteiger partial charge in [-0.05, 0) is 56.9 Å². The van der Waals surface area contributed by atoms with E-state index in [1.807, 2.05) is 6.92 Å². The van der Waals surface area contributed by atoms with Crippen molar-refractivity contribution in [3.05, 3.63) is 29.1 Å². The van der Waals surface area contributed by atoms with Gasteiger partial charge in [0.25, 0.3) is 0 Å². The minimum atomic E-state index is -3.50. The van der Waals surface area contributed by atoms with Crippen molar-refractivity contribution in [1.29, 1.82) is 0 Å². The number of hydrogen-bond donors (Lipinski definition) is 0. The first-order chi connectivity index (χ1) is 8.34. The molecule has 1 aromatic carbocycles. The molecule has 0 radical (unpaired) electrons. The van der Waals surface area contributed by atoms with Crippen LogP contribution in [0.2, 0.25) is 0 Å². The topological polar surface area (TPSA) is 37.4 Å². The zero-order valence-corrected chi connectivity index (χ0v) is 11.7. The summed E-state index contributed by atoms with van der Waals surface area (Å²) in [7, 11) is -3.50. The van der Waals surface area contributed by atoms with Gasteiger partial charge in [-0.15, -0.1) is 0 Å². The number of aryl methyl sites for hydroxylation is 2. The zero-order chi connectivity index (χ0) is 13.5. The van der Waals surface area contributed by atoms with Crippen molar-refractivity contribution in [2.24, 2.45) is 0 Å². The van der Waals surface area contributed by atoms with E-state index in [0.29, 0.717) is 17.7 Å². The normalized spacial score (nSPS) is 21.4. The summed E-state index contributed by atoms with van der Waals surface area (Å²) in [6, 6.07) is 2.58. The van der Waals surface area contributed by atoms with E-state index in [4.69, 9.17) is 0 Å². The third-order valence-corrected chi connectivity index (χ3v) is 5.80. The molecule has 2 rings (SSSR count). The highest BCUT2D eigenvalue weighted by Gasteiger charge is 2.34. The molecule has 1 fully saturated rings. The van der Waals surface area contributed by atoms with Gasteiger partial charge in [-0.1, -0.05) is 0 Å². The summed E-state index contributed by atoms with van der Waals surface area (Å²) in [5.41, 5.74) is 0.957. The van der Waals surface area contributed by atoms with Crippen LogP contribution in [0.25, 0.3) is 0 Å². The molecular weight excluding hydrogens is 253 g/mol. The maximum absolute atomic E-state index is 13.2. The SMILES string of the molecule is Cc1cc(F)cc(C)c1S(=O)(=O)N1CCCC1C. The van der Waals surface area contributed by atoms with Crippen LogP contribution in [0.5, 0.6) is 0 Å². The minimum absolute atomic E-state index is 0.0267. The van der Waals surface area contributed by atoms with Crippen LogP contribution in [-0.4, -0.2) is 25.3 Å². The van der Waals surface area contributed by atoms with E-state index in [1.54, 1.807) is 13.8 Å². The van der Waals surface area contributed by atoms with Gasteiger partial charge in [0.05, 0.1) is 4.90 Å². The van der Waals surface area contributed by atoms with Gasteiger partial charge < -0.3 is 0 Å². The Morgan fingerprint density at radius 2 is 1.83 bits per heavy atom. The van der Waals surface area contributed by atoms with E-state index < -0.39 is 15.8 Å². The molecular formula is C13H18FNO2S. The second-order valence-electron chi connectivity index (χ2n) is 4.98. The molecule has 1 unspecified atom stereocenters. The van der Waals surface area contributed by atoms with Gasteiger partial charge in [-0.3, -0.25) is 0 Å². The highest BCUT2D eigenvalue weighted by atomic mass is 32.2. The van der Waals surface area contributed by atoms with E-state index in [1.165, 1.54) is 16.4 Å². The number of halogens is 1. The Kier molecular flexibility index (Phi) is 3.47. The lowest BCUT2D eigenvalue weighted by molar-refractivity contribution is 0.407. The molecule has 1 aromatic rings. The highest BCUT2D eigenvalue weighted by molar-refractivity contribution is 7.89. The van der Waals surface area contributed by atoms with Gasteiger partial charge >= 0.3 is 0 Å². The van der Waals surface area contributed by atoms with E-state index >= 15 is 0 Å². The summed E-state index contributed by atoms with van der Waals surface area (Å²) in [4.78, 5) is 0.262. The van der Waals surface area contributed by atoms with Crippen molar-refractivity contribution >= 4 is 10.0 Å². The van der Waals surface area contributed by atoms with Gasteiger partial charge in [0.1, 0.15) is 5.82 Å². The lowest BCUT2D eigenvalue weighted by Gasteiger charge is -2.23. The Balaban J connectivity index is 2.54. The molecule has 1 saturated heterocycles. The predicted octanol–water partition coefficient (Wildman–Crippen LogP) is 2.62. The number of benzene rings is 1. The maximum Gasteiger partial charge on any atom is 0.243 e. The highest BCUT2D eigenvalue weighted by Crippen LogP contribution is 2.30. The fourth-order valence-electron chi connectivity index (χ4n) is 2.69. The first kappa shape index (κ1) is 13.5. The zero-order valence-electron chi connectivity index (χ0n) is 10.9. The first-order valence-electron chi connectivity index (χ1n) is 6.12. The van der Waals surface area contributed by atoms with Crippen molar-refractivity contribution < 1.29 is 12.8 Å². The summed E-state index contributed by atoms with van der Waals surface area (Å²) < 4.78 is 40.0. The van der Waals surface area contributed by atoms with Crippen LogP contribution in [0, 0.1) is 19.7 Å². The van der Waals surface area contributed by atoms with Gasteiger partial charge in [0.2, 0.25) is 10.0 Å². The van der Waals surface area contributed by atoms with Crippen LogP contribution in [-0.2, 0) is 10.0 Å². The van der Waals surface area contributed by atoms with Gasteiger partial charge in [0, 0.05) is 12.6 Å². The van der Waals surface area contributed by atoms with Crippen molar-refractivity contribution in [2.45, 2.75) is 44.6 Å². The van der Waals surface area contributed by atoms with Gasteiger partial charge in [0.15, 0.2) is 0 Å². The minimum Gasteiger partial charge on any atom is -0.207 e. The average Bonchev–Trinajstić information content (AvgIpc) is 2.62. The third-order valence-electron chi connectivity index (χ3n) is 3.48. The monoisotopic (exact) mass is 271 g/mol. The van der Waals surface area contributed by atoms with E-state index in [0.717, 1.165) is 12.8 Å². The molecule has 100 valence electrons. The molecule has 0 spiro atoms. The van der Waals surface area contributed by atoms with Crippen LogP contribution >= 0.6 is 0 Å². The number of rotatable bonds is 2. The second kappa shape index (κ2) is 4.63. The number of nitrogens with zero attached hydrogens (tertiary/aromatic N) is 1. The summed E-state index contributed by atoms with van der Waals surface area (Å²) in [5, 5.41) is 0. The lowest BCUT2D eigenvalue weighted by atomic mass is 10.1. The van der Waals surface area contributed by atoms with Crippen LogP contribution < -0.4 is 0 Å². The summed E-state index contributed by atoms with van der Waals surface area (Å²) in [6.45, 7) is 5.76. The van der Waals surface area contributed by atoms with Crippen molar-refractivity contribution in [3.63, 3.8) is 0 Å². The standard InChI is InChI=1S/C13H18FNO2S/c1-9-7-12(14)8-10(2)13(9)18(16,17)15-6-4-5-11(15)3/h7-8,11H,4-6H2,1-3H3. The largest absolute Gasteiger partial charge is 0.243 e. The Morgan fingerprint density at radius 1 is 1.28 bits per heavy atom. The Hall–Kier alpha value is -0.940. The van der Waals surface area contributed by atoms with Crippen molar-refractivity contribution in [1.82, 2.24) is 4.31 Å². The molecule has 5 heteroatoms. The van der Waals surface area contributed by atoms with Crippen LogP contribution in [0.4, 0.5) is 4.39 Å². The predicted molar refractivity (Wildman–Crippen MR) is 68.5 cm³/mol. The van der Waals surface area contributed by atoms with E-state index in [9.17, 15) is 12.8 Å². The molecule has 1 aliphatic rings. The van der Waals surface area contributed by atoms with E-state index in [-0.39, 0.29) is 10.9 Å². The van der Waals surface area contributed by atoms with E-state index in [2.05, 4.69) is 0 Å². The first-order valence-corrected chi connectivity index (χ1v) is 7.56. The fourth-order valence-corrected chi connectivity index (χ4v) is 4.80. The number of sulfonamides is 1. The van der Waals surface area contributed by atoms with Gasteiger partial charge in [-0.2, -0.15) is 4.31 Å². The lowest BCUT2D eigenvalue weighted by Crippen LogP contribution is -2.34. The molecule has 1 atom stereocenters. The summed E-state index contributed by atoms with van der Waals surface area (Å²) >= 11 is 0. The fraction of sp³-hybridized carbons (Fsp3) is 0.538. The van der Waals surface area contributed by atoms with Crippen molar-refractivity contribution in [3.8, 4) is 0 Å². The quantitative estimate of drug-likeness (QED) is 0.829. The molecule has 0 amide bonds. The third kappa shape index (κ3) is 2.17. The summed E-state index contributed by atoms with van der Waals surface area (Å²) in [6.07, 6.45) is 1.78. The summed E-state index contributed by atoms with van der Waals surface area (Å²) in [5.74, 6) is -0.390. The molecule has 0 saturated carbocycles. The molecule has 0 aliphatic carbocycles. The Bertz CT molecular complexity index is 545. The molecule has 0 aromatic heterocycles. The Labute approximate surface area is 108 Å². The molecule has 0 bridgehead atoms. The van der Waals surface area contributed by atoms with Crippen LogP contribution in [0.15, 0.2) is 17.0 Å². The van der Waals surface area contributed by atoms with Crippen LogP contribution in [0.3, 0.4) is 0 Å². The average molecular weight is 271 g/mol. The smallest absolute Gasteiger partial charge is 0.207 e. The number of hydrogen-bond acceptors (Lipinski definition) is 2. The Morgan fingerprint density at radius 3 is 2.28 bits per heavy atom. The molecule has 1 heterocycles. The van der Waals surface area contributed by atoms with Gasteiger partial charge in [-0.25, -0.2) is 12.8 Å². The van der Waals surface area contributed by atoms with Crippen LogP contribution in [0.1, 0.15) is 30.9 Å². The second-order valence-corrected chi connectivity index (χ2v) is 6.80. The molecule has 0 N–H and O–H groups in total. The molecule has 3 nitrogen and oxygen atoms in total. The molecule has 18 heavy (non-hydrogen) atoms. The maximum atomic E-state index is 13.2.